The van der Waals surface area contributed by atoms with Crippen molar-refractivity contribution in [3.05, 3.63) is 81.9 Å². The van der Waals surface area contributed by atoms with Gasteiger partial charge in [-0.3, -0.25) is 19.7 Å². The van der Waals surface area contributed by atoms with E-state index >= 15 is 0 Å². The molecule has 0 aliphatic carbocycles. The van der Waals surface area contributed by atoms with Gasteiger partial charge in [0, 0.05) is 55.7 Å². The quantitative estimate of drug-likeness (QED) is 0.465. The minimum atomic E-state index is -0.213. The number of hydrogen-bond acceptors (Lipinski definition) is 6. The van der Waals surface area contributed by atoms with Gasteiger partial charge in [-0.25, -0.2) is 9.67 Å². The van der Waals surface area contributed by atoms with Crippen LogP contribution in [-0.4, -0.2) is 30.7 Å². The third-order valence-electron chi connectivity index (χ3n) is 4.66. The molecule has 0 bridgehead atoms. The van der Waals surface area contributed by atoms with Gasteiger partial charge >= 0.3 is 0 Å². The van der Waals surface area contributed by atoms with Crippen LogP contribution in [0.3, 0.4) is 0 Å². The number of H-pyrrole nitrogens is 1. The largest absolute Gasteiger partial charge is 0.360 e. The number of halogens is 1. The number of hydrogen-bond donors (Lipinski definition) is 1. The Bertz CT molecular complexity index is 1210. The summed E-state index contributed by atoms with van der Waals surface area (Å²) in [7, 11) is 0. The Morgan fingerprint density at radius 3 is 2.80 bits per heavy atom. The molecule has 0 unspecified atom stereocenters. The van der Waals surface area contributed by atoms with Crippen molar-refractivity contribution in [3.63, 3.8) is 0 Å². The van der Waals surface area contributed by atoms with E-state index < -0.39 is 0 Å². The number of rotatable bonds is 8. The molecule has 4 aromatic rings. The summed E-state index contributed by atoms with van der Waals surface area (Å²) < 4.78 is 6.38. The Balaban J connectivity index is 1.41. The number of aromatic amines is 1. The van der Waals surface area contributed by atoms with E-state index in [1.807, 2.05) is 12.1 Å². The molecule has 0 amide bonds. The lowest BCUT2D eigenvalue weighted by Crippen LogP contribution is -2.17. The van der Waals surface area contributed by atoms with Gasteiger partial charge in [0.25, 0.3) is 5.56 Å². The zero-order chi connectivity index (χ0) is 20.9. The predicted octanol–water partition coefficient (Wildman–Crippen LogP) is 3.40. The van der Waals surface area contributed by atoms with E-state index in [9.17, 15) is 9.59 Å². The molecule has 0 saturated heterocycles. The fourth-order valence-electron chi connectivity index (χ4n) is 3.08. The summed E-state index contributed by atoms with van der Waals surface area (Å²) in [5.74, 6) is 1.17. The fourth-order valence-corrected chi connectivity index (χ4v) is 3.24. The molecule has 1 N–H and O–H groups in total. The lowest BCUT2D eigenvalue weighted by Gasteiger charge is -2.05. The minimum Gasteiger partial charge on any atom is -0.360 e. The Morgan fingerprint density at radius 1 is 1.17 bits per heavy atom. The van der Waals surface area contributed by atoms with Crippen molar-refractivity contribution in [3.8, 4) is 16.9 Å². The number of carbonyl (C=O) groups excluding carboxylic acids is 1. The highest BCUT2D eigenvalue weighted by atomic mass is 35.5. The smallest absolute Gasteiger partial charge is 0.280 e. The SMILES string of the molecule is O=C(CCc1ccnc(-n2[nH]cc(-c3cccnc3)c2=O)c1)CCc1cc(Cl)no1. The van der Waals surface area contributed by atoms with Gasteiger partial charge in [0.2, 0.25) is 0 Å². The molecule has 0 saturated carbocycles. The first kappa shape index (κ1) is 19.8. The molecule has 4 aromatic heterocycles. The molecule has 0 aliphatic rings. The highest BCUT2D eigenvalue weighted by molar-refractivity contribution is 6.29. The molecule has 4 heterocycles. The number of nitrogens with one attached hydrogen (secondary N) is 1. The monoisotopic (exact) mass is 423 g/mol. The second kappa shape index (κ2) is 8.87. The second-order valence-corrected chi connectivity index (χ2v) is 7.13. The average Bonchev–Trinajstić information content (AvgIpc) is 3.37. The third kappa shape index (κ3) is 4.55. The number of aryl methyl sites for hydroxylation is 2. The summed E-state index contributed by atoms with van der Waals surface area (Å²) in [6.07, 6.45) is 8.31. The zero-order valence-corrected chi connectivity index (χ0v) is 16.7. The summed E-state index contributed by atoms with van der Waals surface area (Å²) in [4.78, 5) is 33.3. The van der Waals surface area contributed by atoms with Crippen LogP contribution in [0.15, 0.2) is 64.4 Å². The van der Waals surface area contributed by atoms with Crippen LogP contribution in [-0.2, 0) is 17.6 Å². The summed E-state index contributed by atoms with van der Waals surface area (Å²) >= 11 is 5.70. The number of Topliss-reactive ketones (excluding diaryl/α,β-unsaturated/α-hetero) is 1. The van der Waals surface area contributed by atoms with Crippen LogP contribution in [0.1, 0.15) is 24.2 Å². The lowest BCUT2D eigenvalue weighted by molar-refractivity contribution is -0.119. The Hall–Kier alpha value is -3.52. The van der Waals surface area contributed by atoms with Gasteiger partial charge in [-0.2, -0.15) is 0 Å². The van der Waals surface area contributed by atoms with Crippen molar-refractivity contribution >= 4 is 17.4 Å². The van der Waals surface area contributed by atoms with Crippen LogP contribution < -0.4 is 5.56 Å². The van der Waals surface area contributed by atoms with Crippen LogP contribution in [0.5, 0.6) is 0 Å². The molecule has 0 spiro atoms. The van der Waals surface area contributed by atoms with Gasteiger partial charge in [0.15, 0.2) is 11.0 Å². The van der Waals surface area contributed by atoms with Crippen LogP contribution in [0.2, 0.25) is 5.15 Å². The number of carbonyl (C=O) groups is 1. The molecule has 152 valence electrons. The van der Waals surface area contributed by atoms with Gasteiger partial charge in [-0.1, -0.05) is 22.8 Å². The normalized spacial score (nSPS) is 11.0. The zero-order valence-electron chi connectivity index (χ0n) is 15.9. The van der Waals surface area contributed by atoms with Crippen LogP contribution >= 0.6 is 11.6 Å². The van der Waals surface area contributed by atoms with E-state index in [0.717, 1.165) is 11.1 Å². The Labute approximate surface area is 176 Å². The Kier molecular flexibility index (Phi) is 5.85. The van der Waals surface area contributed by atoms with Crippen molar-refractivity contribution in [1.29, 1.82) is 0 Å². The first-order valence-corrected chi connectivity index (χ1v) is 9.77. The average molecular weight is 424 g/mol. The summed E-state index contributed by atoms with van der Waals surface area (Å²) in [5, 5.41) is 6.82. The van der Waals surface area contributed by atoms with Gasteiger partial charge < -0.3 is 4.52 Å². The van der Waals surface area contributed by atoms with E-state index in [1.165, 1.54) is 4.68 Å². The van der Waals surface area contributed by atoms with Gasteiger partial charge in [-0.05, 0) is 30.2 Å². The van der Waals surface area contributed by atoms with Crippen LogP contribution in [0, 0.1) is 0 Å². The maximum absolute atomic E-state index is 12.8. The molecule has 0 atom stereocenters. The van der Waals surface area contributed by atoms with Crippen molar-refractivity contribution in [1.82, 2.24) is 24.9 Å². The number of aromatic nitrogens is 5. The molecule has 8 nitrogen and oxygen atoms in total. The predicted molar refractivity (Wildman–Crippen MR) is 111 cm³/mol. The molecule has 0 fully saturated rings. The molecule has 0 radical (unpaired) electrons. The van der Waals surface area contributed by atoms with E-state index in [1.54, 1.807) is 43.0 Å². The van der Waals surface area contributed by atoms with Gasteiger partial charge in [0.1, 0.15) is 11.5 Å². The molecule has 0 aromatic carbocycles. The highest BCUT2D eigenvalue weighted by Crippen LogP contribution is 2.15. The molecule has 0 aliphatic heterocycles. The van der Waals surface area contributed by atoms with Crippen molar-refractivity contribution in [2.45, 2.75) is 25.7 Å². The van der Waals surface area contributed by atoms with Gasteiger partial charge in [0.05, 0.1) is 5.56 Å². The number of ketones is 1. The van der Waals surface area contributed by atoms with E-state index in [2.05, 4.69) is 20.2 Å². The maximum Gasteiger partial charge on any atom is 0.280 e. The van der Waals surface area contributed by atoms with E-state index in [-0.39, 0.29) is 16.5 Å². The van der Waals surface area contributed by atoms with Crippen LogP contribution in [0.4, 0.5) is 0 Å². The highest BCUT2D eigenvalue weighted by Gasteiger charge is 2.12. The molecular weight excluding hydrogens is 406 g/mol. The minimum absolute atomic E-state index is 0.108. The summed E-state index contributed by atoms with van der Waals surface area (Å²) in [6, 6.07) is 8.85. The first-order chi connectivity index (χ1) is 14.6. The second-order valence-electron chi connectivity index (χ2n) is 6.75. The molecule has 9 heteroatoms. The number of pyridine rings is 2. The summed E-state index contributed by atoms with van der Waals surface area (Å²) in [5.41, 5.74) is 1.94. The molecule has 30 heavy (non-hydrogen) atoms. The first-order valence-electron chi connectivity index (χ1n) is 9.39. The van der Waals surface area contributed by atoms with Crippen molar-refractivity contribution < 1.29 is 9.32 Å². The topological polar surface area (TPSA) is 107 Å². The fraction of sp³-hybridized carbons (Fsp3) is 0.190. The van der Waals surface area contributed by atoms with E-state index in [4.69, 9.17) is 16.1 Å². The Morgan fingerprint density at radius 2 is 2.03 bits per heavy atom. The number of nitrogens with zero attached hydrogens (tertiary/aromatic N) is 4. The summed E-state index contributed by atoms with van der Waals surface area (Å²) in [6.45, 7) is 0. The lowest BCUT2D eigenvalue weighted by atomic mass is 10.1. The van der Waals surface area contributed by atoms with Crippen molar-refractivity contribution in [2.24, 2.45) is 0 Å². The van der Waals surface area contributed by atoms with Gasteiger partial charge in [-0.15, -0.1) is 0 Å². The van der Waals surface area contributed by atoms with Crippen LogP contribution in [0.25, 0.3) is 16.9 Å². The maximum atomic E-state index is 12.8. The molecule has 4 rings (SSSR count). The molecular formula is C21H18ClN5O3. The standard InChI is InChI=1S/C21H18ClN5O3/c22-19-11-17(30-26-19)6-5-16(28)4-3-14-7-9-24-20(10-14)27-21(29)18(13-25-27)15-2-1-8-23-12-15/h1-2,7-13,25H,3-6H2. The third-order valence-corrected chi connectivity index (χ3v) is 4.83. The van der Waals surface area contributed by atoms with E-state index in [0.29, 0.717) is 42.8 Å². The van der Waals surface area contributed by atoms with Crippen molar-refractivity contribution in [2.75, 3.05) is 0 Å².